The molecule has 0 atom stereocenters. The molecule has 1 amide bonds. The van der Waals surface area contributed by atoms with Crippen molar-refractivity contribution in [1.82, 2.24) is 15.3 Å². The molecule has 0 unspecified atom stereocenters. The van der Waals surface area contributed by atoms with E-state index in [1.165, 1.54) is 24.3 Å². The monoisotopic (exact) mass is 489 g/mol. The van der Waals surface area contributed by atoms with Crippen molar-refractivity contribution in [3.63, 3.8) is 0 Å². The molecular formula is C21H20ClN5O3S2. The molecule has 3 N–H and O–H groups in total. The maximum absolute atomic E-state index is 12.6. The predicted molar refractivity (Wildman–Crippen MR) is 128 cm³/mol. The first-order valence-electron chi connectivity index (χ1n) is 9.41. The summed E-state index contributed by atoms with van der Waals surface area (Å²) >= 11 is 11.0. The molecule has 0 bridgehead atoms. The number of aromatic nitrogens is 2. The molecule has 0 saturated carbocycles. The Bertz CT molecular complexity index is 1230. The molecule has 0 radical (unpaired) electrons. The Hall–Kier alpha value is -3.08. The number of nitrogens with one attached hydrogen (secondary N) is 3. The van der Waals surface area contributed by atoms with Crippen LogP contribution in [0.25, 0.3) is 0 Å². The Morgan fingerprint density at radius 3 is 2.19 bits per heavy atom. The van der Waals surface area contributed by atoms with Crippen LogP contribution < -0.4 is 15.4 Å². The highest BCUT2D eigenvalue weighted by Gasteiger charge is 2.16. The number of carbonyl (C=O) groups excluding carboxylic acids is 1. The summed E-state index contributed by atoms with van der Waals surface area (Å²) in [5, 5.41) is 6.12. The summed E-state index contributed by atoms with van der Waals surface area (Å²) in [6.07, 6.45) is 0.141. The van der Waals surface area contributed by atoms with Gasteiger partial charge < -0.3 is 10.6 Å². The number of hydrogen-bond acceptors (Lipinski definition) is 6. The standard InChI is InChI=1S/C21H20ClN5O3S2/c1-13-11-14(2)24-20(23-13)27-32(29,30)18-9-7-17(8-10-18)25-21(31)26-19(28)12-15-3-5-16(22)6-4-15/h3-11H,12H2,1-2H3,(H,23,24,27)(H2,25,26,28,31). The molecule has 0 fully saturated rings. The second-order valence-corrected chi connectivity index (χ2v) is 9.44. The third-order valence-corrected chi connectivity index (χ3v) is 5.96. The van der Waals surface area contributed by atoms with E-state index in [1.807, 2.05) is 0 Å². The van der Waals surface area contributed by atoms with Crippen LogP contribution in [-0.4, -0.2) is 29.4 Å². The second-order valence-electron chi connectivity index (χ2n) is 6.91. The van der Waals surface area contributed by atoms with Crippen LogP contribution in [0.15, 0.2) is 59.5 Å². The Morgan fingerprint density at radius 1 is 1.00 bits per heavy atom. The summed E-state index contributed by atoms with van der Waals surface area (Å²) in [6, 6.07) is 14.6. The molecule has 1 aromatic heterocycles. The van der Waals surface area contributed by atoms with Crippen LogP contribution in [0.5, 0.6) is 0 Å². The Morgan fingerprint density at radius 2 is 1.59 bits per heavy atom. The molecule has 11 heteroatoms. The molecule has 3 rings (SSSR count). The lowest BCUT2D eigenvalue weighted by molar-refractivity contribution is -0.119. The van der Waals surface area contributed by atoms with Gasteiger partial charge in [-0.2, -0.15) is 0 Å². The molecular weight excluding hydrogens is 470 g/mol. The smallest absolute Gasteiger partial charge is 0.264 e. The molecule has 0 saturated heterocycles. The van der Waals surface area contributed by atoms with Crippen LogP contribution in [-0.2, 0) is 21.2 Å². The van der Waals surface area contributed by atoms with Gasteiger partial charge in [0.25, 0.3) is 10.0 Å². The fourth-order valence-electron chi connectivity index (χ4n) is 2.79. The number of thiocarbonyl (C=S) groups is 1. The van der Waals surface area contributed by atoms with Gasteiger partial charge in [-0.1, -0.05) is 23.7 Å². The molecule has 2 aromatic carbocycles. The predicted octanol–water partition coefficient (Wildman–Crippen LogP) is 3.60. The van der Waals surface area contributed by atoms with E-state index in [2.05, 4.69) is 25.3 Å². The van der Waals surface area contributed by atoms with Crippen LogP contribution in [0.2, 0.25) is 5.02 Å². The molecule has 0 aliphatic heterocycles. The van der Waals surface area contributed by atoms with Crippen molar-refractivity contribution in [2.75, 3.05) is 10.0 Å². The second kappa shape index (κ2) is 10.0. The highest BCUT2D eigenvalue weighted by atomic mass is 35.5. The van der Waals surface area contributed by atoms with Gasteiger partial charge in [-0.05, 0) is 74.1 Å². The van der Waals surface area contributed by atoms with E-state index in [-0.39, 0.29) is 28.3 Å². The molecule has 166 valence electrons. The Balaban J connectivity index is 1.59. The number of anilines is 2. The largest absolute Gasteiger partial charge is 0.332 e. The Kier molecular flexibility index (Phi) is 7.39. The van der Waals surface area contributed by atoms with Gasteiger partial charge in [-0.15, -0.1) is 0 Å². The zero-order chi connectivity index (χ0) is 23.3. The summed E-state index contributed by atoms with van der Waals surface area (Å²) in [4.78, 5) is 20.3. The van der Waals surface area contributed by atoms with Gasteiger partial charge in [0.1, 0.15) is 0 Å². The summed E-state index contributed by atoms with van der Waals surface area (Å²) in [7, 11) is -3.86. The summed E-state index contributed by atoms with van der Waals surface area (Å²) in [5.74, 6) is -0.282. The van der Waals surface area contributed by atoms with E-state index >= 15 is 0 Å². The minimum absolute atomic E-state index is 0.00859. The van der Waals surface area contributed by atoms with Crippen molar-refractivity contribution in [1.29, 1.82) is 0 Å². The number of benzene rings is 2. The number of amides is 1. The van der Waals surface area contributed by atoms with Crippen molar-refractivity contribution < 1.29 is 13.2 Å². The highest BCUT2D eigenvalue weighted by molar-refractivity contribution is 7.92. The average molecular weight is 490 g/mol. The topological polar surface area (TPSA) is 113 Å². The van der Waals surface area contributed by atoms with Crippen molar-refractivity contribution in [3.05, 3.63) is 76.6 Å². The average Bonchev–Trinajstić information content (AvgIpc) is 2.69. The third kappa shape index (κ3) is 6.71. The number of sulfonamides is 1. The van der Waals surface area contributed by atoms with Crippen molar-refractivity contribution in [3.8, 4) is 0 Å². The van der Waals surface area contributed by atoms with Crippen LogP contribution in [0.3, 0.4) is 0 Å². The molecule has 1 heterocycles. The first-order chi connectivity index (χ1) is 15.1. The molecule has 3 aromatic rings. The molecule has 0 spiro atoms. The minimum atomic E-state index is -3.86. The van der Waals surface area contributed by atoms with Crippen molar-refractivity contribution >= 4 is 56.5 Å². The summed E-state index contributed by atoms with van der Waals surface area (Å²) in [5.41, 5.74) is 2.62. The van der Waals surface area contributed by atoms with Crippen molar-refractivity contribution in [2.24, 2.45) is 0 Å². The van der Waals surface area contributed by atoms with E-state index in [0.717, 1.165) is 5.56 Å². The number of nitrogens with zero attached hydrogens (tertiary/aromatic N) is 2. The molecule has 32 heavy (non-hydrogen) atoms. The van der Waals surface area contributed by atoms with E-state index in [9.17, 15) is 13.2 Å². The highest BCUT2D eigenvalue weighted by Crippen LogP contribution is 2.17. The van der Waals surface area contributed by atoms with E-state index in [4.69, 9.17) is 23.8 Å². The van der Waals surface area contributed by atoms with Gasteiger partial charge in [0.05, 0.1) is 11.3 Å². The number of carbonyl (C=O) groups is 1. The van der Waals surface area contributed by atoms with E-state index in [1.54, 1.807) is 44.2 Å². The van der Waals surface area contributed by atoms with E-state index < -0.39 is 10.0 Å². The van der Waals surface area contributed by atoms with Gasteiger partial charge in [0.15, 0.2) is 5.11 Å². The van der Waals surface area contributed by atoms with Crippen LogP contribution in [0.4, 0.5) is 11.6 Å². The van der Waals surface area contributed by atoms with Crippen LogP contribution in [0.1, 0.15) is 17.0 Å². The molecule has 0 aliphatic carbocycles. The first kappa shape index (κ1) is 23.6. The van der Waals surface area contributed by atoms with Crippen LogP contribution in [0, 0.1) is 13.8 Å². The number of hydrogen-bond donors (Lipinski definition) is 3. The summed E-state index contributed by atoms with van der Waals surface area (Å²) in [6.45, 7) is 3.51. The lowest BCUT2D eigenvalue weighted by Gasteiger charge is -2.11. The Labute approximate surface area is 196 Å². The maximum Gasteiger partial charge on any atom is 0.264 e. The molecule has 0 aliphatic rings. The van der Waals surface area contributed by atoms with Crippen molar-refractivity contribution in [2.45, 2.75) is 25.2 Å². The number of rotatable bonds is 6. The minimum Gasteiger partial charge on any atom is -0.332 e. The lowest BCUT2D eigenvalue weighted by atomic mass is 10.1. The number of aryl methyl sites for hydroxylation is 2. The lowest BCUT2D eigenvalue weighted by Crippen LogP contribution is -2.35. The maximum atomic E-state index is 12.6. The SMILES string of the molecule is Cc1cc(C)nc(NS(=O)(=O)c2ccc(NC(=S)NC(=O)Cc3ccc(Cl)cc3)cc2)n1. The zero-order valence-corrected chi connectivity index (χ0v) is 19.6. The van der Waals surface area contributed by atoms with Gasteiger partial charge in [-0.25, -0.2) is 23.1 Å². The van der Waals surface area contributed by atoms with Crippen LogP contribution >= 0.6 is 23.8 Å². The van der Waals surface area contributed by atoms with Gasteiger partial charge in [0.2, 0.25) is 11.9 Å². The first-order valence-corrected chi connectivity index (χ1v) is 11.7. The van der Waals surface area contributed by atoms with E-state index in [0.29, 0.717) is 22.1 Å². The zero-order valence-electron chi connectivity index (χ0n) is 17.2. The summed E-state index contributed by atoms with van der Waals surface area (Å²) < 4.78 is 27.6. The fourth-order valence-corrected chi connectivity index (χ4v) is 4.09. The van der Waals surface area contributed by atoms with Gasteiger partial charge in [-0.3, -0.25) is 4.79 Å². The van der Waals surface area contributed by atoms with Gasteiger partial charge in [0, 0.05) is 22.1 Å². The van der Waals surface area contributed by atoms with Gasteiger partial charge >= 0.3 is 0 Å². The quantitative estimate of drug-likeness (QED) is 0.453. The molecule has 8 nitrogen and oxygen atoms in total. The number of halogens is 1. The third-order valence-electron chi connectivity index (χ3n) is 4.16. The fraction of sp³-hybridized carbons (Fsp3) is 0.143. The normalized spacial score (nSPS) is 11.0.